The fraction of sp³-hybridized carbons (Fsp3) is 0.600. The molecule has 3 heteroatoms. The van der Waals surface area contributed by atoms with Gasteiger partial charge < -0.3 is 10.6 Å². The number of fused-ring (bicyclic) bond motifs is 1. The molecule has 0 bridgehead atoms. The smallest absolute Gasteiger partial charge is 0.0370 e. The van der Waals surface area contributed by atoms with Gasteiger partial charge in [0.1, 0.15) is 0 Å². The standard InChI is InChI=1S/C15H23N3/c1-12-10-13(5-6-15(12)16)18-9-3-8-17-7-2-4-14(17)11-18/h5-6,10,14H,2-4,7-9,11,16H2,1H3. The second-order valence-electron chi connectivity index (χ2n) is 5.67. The number of benzene rings is 1. The molecule has 98 valence electrons. The largest absolute Gasteiger partial charge is 0.399 e. The van der Waals surface area contributed by atoms with Crippen molar-refractivity contribution in [1.82, 2.24) is 4.90 Å². The predicted molar refractivity (Wildman–Crippen MR) is 77.0 cm³/mol. The maximum Gasteiger partial charge on any atom is 0.0370 e. The molecule has 2 aliphatic rings. The van der Waals surface area contributed by atoms with Crippen LogP contribution in [0.4, 0.5) is 11.4 Å². The Morgan fingerprint density at radius 2 is 2.00 bits per heavy atom. The van der Waals surface area contributed by atoms with Crippen LogP contribution >= 0.6 is 0 Å². The van der Waals surface area contributed by atoms with Crippen LogP contribution in [0.25, 0.3) is 0 Å². The number of anilines is 2. The zero-order valence-electron chi connectivity index (χ0n) is 11.2. The molecule has 2 N–H and O–H groups in total. The van der Waals surface area contributed by atoms with Crippen molar-refractivity contribution in [2.45, 2.75) is 32.2 Å². The molecular weight excluding hydrogens is 222 g/mol. The van der Waals surface area contributed by atoms with Gasteiger partial charge in [-0.3, -0.25) is 4.90 Å². The summed E-state index contributed by atoms with van der Waals surface area (Å²) in [6.07, 6.45) is 4.02. The summed E-state index contributed by atoms with van der Waals surface area (Å²) in [5, 5.41) is 0. The Morgan fingerprint density at radius 1 is 1.17 bits per heavy atom. The van der Waals surface area contributed by atoms with Gasteiger partial charge in [0.25, 0.3) is 0 Å². The summed E-state index contributed by atoms with van der Waals surface area (Å²) < 4.78 is 0. The molecule has 0 radical (unpaired) electrons. The summed E-state index contributed by atoms with van der Waals surface area (Å²) in [6.45, 7) is 7.03. The average Bonchev–Trinajstić information content (AvgIpc) is 2.70. The highest BCUT2D eigenvalue weighted by Gasteiger charge is 2.28. The Bertz CT molecular complexity index is 430. The molecule has 1 aromatic rings. The molecule has 0 spiro atoms. The minimum Gasteiger partial charge on any atom is -0.399 e. The summed E-state index contributed by atoms with van der Waals surface area (Å²) in [5.74, 6) is 0. The third-order valence-corrected chi connectivity index (χ3v) is 4.42. The fourth-order valence-corrected chi connectivity index (χ4v) is 3.30. The number of hydrogen-bond acceptors (Lipinski definition) is 3. The van der Waals surface area contributed by atoms with E-state index in [1.165, 1.54) is 56.7 Å². The minimum atomic E-state index is 0.769. The van der Waals surface area contributed by atoms with E-state index in [0.717, 1.165) is 11.7 Å². The van der Waals surface area contributed by atoms with E-state index in [9.17, 15) is 0 Å². The molecule has 0 aliphatic carbocycles. The Morgan fingerprint density at radius 3 is 2.83 bits per heavy atom. The second kappa shape index (κ2) is 4.81. The quantitative estimate of drug-likeness (QED) is 0.770. The Hall–Kier alpha value is -1.22. The molecule has 3 rings (SSSR count). The SMILES string of the molecule is Cc1cc(N2CCCN3CCCC3C2)ccc1N. The molecule has 1 atom stereocenters. The van der Waals surface area contributed by atoms with E-state index in [4.69, 9.17) is 5.73 Å². The van der Waals surface area contributed by atoms with E-state index < -0.39 is 0 Å². The van der Waals surface area contributed by atoms with Crippen LogP contribution in [0.5, 0.6) is 0 Å². The van der Waals surface area contributed by atoms with Gasteiger partial charge in [-0.1, -0.05) is 0 Å². The van der Waals surface area contributed by atoms with Crippen molar-refractivity contribution >= 4 is 11.4 Å². The van der Waals surface area contributed by atoms with Crippen molar-refractivity contribution in [2.75, 3.05) is 36.8 Å². The first-order valence-corrected chi connectivity index (χ1v) is 7.09. The summed E-state index contributed by atoms with van der Waals surface area (Å²) in [5.41, 5.74) is 9.34. The zero-order valence-corrected chi connectivity index (χ0v) is 11.2. The van der Waals surface area contributed by atoms with Crippen LogP contribution in [0.1, 0.15) is 24.8 Å². The summed E-state index contributed by atoms with van der Waals surface area (Å²) >= 11 is 0. The molecule has 2 heterocycles. The lowest BCUT2D eigenvalue weighted by Crippen LogP contribution is -2.36. The maximum absolute atomic E-state index is 5.91. The van der Waals surface area contributed by atoms with Gasteiger partial charge in [0.2, 0.25) is 0 Å². The van der Waals surface area contributed by atoms with Crippen LogP contribution in [0, 0.1) is 6.92 Å². The number of nitrogens with zero attached hydrogens (tertiary/aromatic N) is 2. The van der Waals surface area contributed by atoms with Gasteiger partial charge in [-0.2, -0.15) is 0 Å². The van der Waals surface area contributed by atoms with Gasteiger partial charge >= 0.3 is 0 Å². The normalized spacial score (nSPS) is 24.9. The molecule has 18 heavy (non-hydrogen) atoms. The third kappa shape index (κ3) is 2.19. The van der Waals surface area contributed by atoms with E-state index in [1.807, 2.05) is 6.07 Å². The lowest BCUT2D eigenvalue weighted by atomic mass is 10.1. The average molecular weight is 245 g/mol. The number of nitrogens with two attached hydrogens (primary N) is 1. The predicted octanol–water partition coefficient (Wildman–Crippen LogP) is 2.25. The van der Waals surface area contributed by atoms with E-state index >= 15 is 0 Å². The highest BCUT2D eigenvalue weighted by Crippen LogP contribution is 2.26. The van der Waals surface area contributed by atoms with Gasteiger partial charge in [0.15, 0.2) is 0 Å². The van der Waals surface area contributed by atoms with Crippen LogP contribution in [-0.2, 0) is 0 Å². The fourth-order valence-electron chi connectivity index (χ4n) is 3.30. The molecule has 2 aliphatic heterocycles. The highest BCUT2D eigenvalue weighted by molar-refractivity contribution is 5.58. The molecular formula is C15H23N3. The lowest BCUT2D eigenvalue weighted by molar-refractivity contribution is 0.273. The summed E-state index contributed by atoms with van der Waals surface area (Å²) in [4.78, 5) is 5.21. The first-order chi connectivity index (χ1) is 8.74. The number of rotatable bonds is 1. The molecule has 2 saturated heterocycles. The monoisotopic (exact) mass is 245 g/mol. The van der Waals surface area contributed by atoms with Gasteiger partial charge in [-0.25, -0.2) is 0 Å². The van der Waals surface area contributed by atoms with Crippen molar-refractivity contribution in [3.63, 3.8) is 0 Å². The van der Waals surface area contributed by atoms with Crippen molar-refractivity contribution in [3.05, 3.63) is 23.8 Å². The maximum atomic E-state index is 5.91. The Kier molecular flexibility index (Phi) is 3.16. The number of nitrogen functional groups attached to an aromatic ring is 1. The third-order valence-electron chi connectivity index (χ3n) is 4.42. The number of aryl methyl sites for hydroxylation is 1. The molecule has 0 saturated carbocycles. The minimum absolute atomic E-state index is 0.769. The van der Waals surface area contributed by atoms with E-state index in [1.54, 1.807) is 0 Å². The molecule has 0 aromatic heterocycles. The van der Waals surface area contributed by atoms with Crippen molar-refractivity contribution in [3.8, 4) is 0 Å². The van der Waals surface area contributed by atoms with Crippen molar-refractivity contribution < 1.29 is 0 Å². The summed E-state index contributed by atoms with van der Waals surface area (Å²) in [7, 11) is 0. The van der Waals surface area contributed by atoms with Crippen LogP contribution < -0.4 is 10.6 Å². The lowest BCUT2D eigenvalue weighted by Gasteiger charge is -2.27. The topological polar surface area (TPSA) is 32.5 Å². The first kappa shape index (κ1) is 11.8. The molecule has 2 fully saturated rings. The van der Waals surface area contributed by atoms with Gasteiger partial charge in [0, 0.05) is 37.1 Å². The van der Waals surface area contributed by atoms with Crippen molar-refractivity contribution in [2.24, 2.45) is 0 Å². The second-order valence-corrected chi connectivity index (χ2v) is 5.67. The summed E-state index contributed by atoms with van der Waals surface area (Å²) in [6, 6.07) is 7.22. The van der Waals surface area contributed by atoms with Gasteiger partial charge in [-0.15, -0.1) is 0 Å². The van der Waals surface area contributed by atoms with Crippen LogP contribution in [0.3, 0.4) is 0 Å². The highest BCUT2D eigenvalue weighted by atomic mass is 15.3. The van der Waals surface area contributed by atoms with Gasteiger partial charge in [0.05, 0.1) is 0 Å². The zero-order chi connectivity index (χ0) is 12.5. The van der Waals surface area contributed by atoms with Crippen LogP contribution in [0.2, 0.25) is 0 Å². The van der Waals surface area contributed by atoms with E-state index in [2.05, 4.69) is 28.9 Å². The molecule has 0 amide bonds. The van der Waals surface area contributed by atoms with E-state index in [-0.39, 0.29) is 0 Å². The molecule has 1 aromatic carbocycles. The van der Waals surface area contributed by atoms with Crippen LogP contribution in [-0.4, -0.2) is 37.1 Å². The molecule has 1 unspecified atom stereocenters. The van der Waals surface area contributed by atoms with E-state index in [0.29, 0.717) is 0 Å². The first-order valence-electron chi connectivity index (χ1n) is 7.09. The Balaban J connectivity index is 1.80. The number of hydrogen-bond donors (Lipinski definition) is 1. The molecule has 3 nitrogen and oxygen atoms in total. The van der Waals surface area contributed by atoms with Crippen molar-refractivity contribution in [1.29, 1.82) is 0 Å². The van der Waals surface area contributed by atoms with Gasteiger partial charge in [-0.05, 0) is 56.5 Å². The van der Waals surface area contributed by atoms with Crippen LogP contribution in [0.15, 0.2) is 18.2 Å². The Labute approximate surface area is 110 Å².